The van der Waals surface area contributed by atoms with Gasteiger partial charge >= 0.3 is 11.8 Å². The van der Waals surface area contributed by atoms with E-state index in [9.17, 15) is 14.0 Å². The molecule has 1 heterocycles. The molecule has 0 bridgehead atoms. The summed E-state index contributed by atoms with van der Waals surface area (Å²) in [6.07, 6.45) is 1.51. The molecule has 0 unspecified atom stereocenters. The monoisotopic (exact) mass is 345 g/mol. The molecule has 0 saturated heterocycles. The van der Waals surface area contributed by atoms with Crippen molar-refractivity contribution in [3.8, 4) is 5.88 Å². The van der Waals surface area contributed by atoms with Crippen LogP contribution in [0.2, 0.25) is 0 Å². The topological polar surface area (TPSA) is 80.3 Å². The maximum Gasteiger partial charge on any atom is 0.313 e. The molecular formula is C18H20FN3O3. The van der Waals surface area contributed by atoms with Crippen LogP contribution in [0, 0.1) is 5.82 Å². The summed E-state index contributed by atoms with van der Waals surface area (Å²) in [5.74, 6) is -1.70. The Hall–Kier alpha value is -2.96. The van der Waals surface area contributed by atoms with Gasteiger partial charge in [-0.2, -0.15) is 0 Å². The number of nitrogens with one attached hydrogen (secondary N) is 2. The van der Waals surface area contributed by atoms with E-state index in [4.69, 9.17) is 4.74 Å². The van der Waals surface area contributed by atoms with Gasteiger partial charge in [-0.1, -0.05) is 26.0 Å². The molecule has 2 aromatic rings. The first-order chi connectivity index (χ1) is 11.8. The van der Waals surface area contributed by atoms with Gasteiger partial charge in [0.15, 0.2) is 0 Å². The molecule has 132 valence electrons. The van der Waals surface area contributed by atoms with Crippen molar-refractivity contribution in [3.05, 3.63) is 54.0 Å². The van der Waals surface area contributed by atoms with Crippen molar-refractivity contribution in [3.63, 3.8) is 0 Å². The lowest BCUT2D eigenvalue weighted by Crippen LogP contribution is -2.42. The van der Waals surface area contributed by atoms with Gasteiger partial charge in [-0.15, -0.1) is 0 Å². The summed E-state index contributed by atoms with van der Waals surface area (Å²) in [4.78, 5) is 28.0. The van der Waals surface area contributed by atoms with Crippen molar-refractivity contribution >= 4 is 17.5 Å². The zero-order chi connectivity index (χ0) is 18.4. The number of carbonyl (C=O) groups excluding carboxylic acids is 2. The second kappa shape index (κ2) is 7.74. The number of aromatic nitrogens is 1. The van der Waals surface area contributed by atoms with Crippen molar-refractivity contribution in [2.24, 2.45) is 0 Å². The summed E-state index contributed by atoms with van der Waals surface area (Å²) >= 11 is 0. The van der Waals surface area contributed by atoms with Crippen LogP contribution < -0.4 is 15.4 Å². The number of methoxy groups -OCH3 is 1. The molecule has 1 aromatic heterocycles. The van der Waals surface area contributed by atoms with Gasteiger partial charge < -0.3 is 15.4 Å². The van der Waals surface area contributed by atoms with E-state index in [2.05, 4.69) is 15.6 Å². The molecule has 0 aliphatic rings. The summed E-state index contributed by atoms with van der Waals surface area (Å²) in [6.45, 7) is 4.00. The zero-order valence-electron chi connectivity index (χ0n) is 14.3. The van der Waals surface area contributed by atoms with Gasteiger partial charge in [0.05, 0.1) is 7.11 Å². The normalized spacial score (nSPS) is 10.9. The van der Waals surface area contributed by atoms with Crippen LogP contribution in [-0.4, -0.2) is 30.5 Å². The maximum atomic E-state index is 13.0. The molecule has 2 amide bonds. The average Bonchev–Trinajstić information content (AvgIpc) is 2.60. The zero-order valence-corrected chi connectivity index (χ0v) is 14.3. The lowest BCUT2D eigenvalue weighted by molar-refractivity contribution is -0.136. The van der Waals surface area contributed by atoms with Gasteiger partial charge in [0.25, 0.3) is 0 Å². The highest BCUT2D eigenvalue weighted by Crippen LogP contribution is 2.22. The minimum atomic E-state index is -0.818. The highest BCUT2D eigenvalue weighted by atomic mass is 19.1. The number of halogens is 1. The van der Waals surface area contributed by atoms with Crippen molar-refractivity contribution < 1.29 is 18.7 Å². The number of rotatable bonds is 5. The Labute approximate surface area is 145 Å². The van der Waals surface area contributed by atoms with E-state index in [1.807, 2.05) is 13.8 Å². The van der Waals surface area contributed by atoms with Gasteiger partial charge in [0.2, 0.25) is 5.88 Å². The Bertz CT molecular complexity index is 760. The molecule has 7 heteroatoms. The summed E-state index contributed by atoms with van der Waals surface area (Å²) in [7, 11) is 1.42. The molecule has 1 aromatic carbocycles. The first-order valence-electron chi connectivity index (χ1n) is 7.68. The number of hydrogen-bond donors (Lipinski definition) is 2. The van der Waals surface area contributed by atoms with Crippen LogP contribution in [0.25, 0.3) is 0 Å². The molecule has 25 heavy (non-hydrogen) atoms. The summed E-state index contributed by atoms with van der Waals surface area (Å²) in [6, 6.07) is 9.23. The summed E-state index contributed by atoms with van der Waals surface area (Å²) < 4.78 is 18.0. The smallest absolute Gasteiger partial charge is 0.313 e. The first-order valence-corrected chi connectivity index (χ1v) is 7.68. The fourth-order valence-corrected chi connectivity index (χ4v) is 2.21. The highest BCUT2D eigenvalue weighted by molar-refractivity contribution is 6.39. The molecule has 0 aliphatic heterocycles. The SMILES string of the molecule is COc1ncccc1NC(=O)C(=O)NCC(C)(C)c1ccc(F)cc1. The largest absolute Gasteiger partial charge is 0.480 e. The minimum Gasteiger partial charge on any atom is -0.480 e. The molecular weight excluding hydrogens is 325 g/mol. The maximum absolute atomic E-state index is 13.0. The van der Waals surface area contributed by atoms with Crippen molar-refractivity contribution in [1.82, 2.24) is 10.3 Å². The van der Waals surface area contributed by atoms with Gasteiger partial charge in [0, 0.05) is 18.2 Å². The number of amides is 2. The molecule has 0 atom stereocenters. The predicted molar refractivity (Wildman–Crippen MR) is 91.9 cm³/mol. The number of hydrogen-bond acceptors (Lipinski definition) is 4. The van der Waals surface area contributed by atoms with Crippen LogP contribution in [0.1, 0.15) is 19.4 Å². The molecule has 0 saturated carbocycles. The second-order valence-corrected chi connectivity index (χ2v) is 6.09. The van der Waals surface area contributed by atoms with Gasteiger partial charge in [0.1, 0.15) is 11.5 Å². The Balaban J connectivity index is 1.97. The third-order valence-corrected chi connectivity index (χ3v) is 3.74. The van der Waals surface area contributed by atoms with E-state index >= 15 is 0 Å². The lowest BCUT2D eigenvalue weighted by atomic mass is 9.84. The minimum absolute atomic E-state index is 0.217. The first kappa shape index (κ1) is 18.4. The van der Waals surface area contributed by atoms with Gasteiger partial charge in [-0.25, -0.2) is 9.37 Å². The number of anilines is 1. The third-order valence-electron chi connectivity index (χ3n) is 3.74. The van der Waals surface area contributed by atoms with E-state index in [0.29, 0.717) is 5.69 Å². The van der Waals surface area contributed by atoms with Crippen molar-refractivity contribution in [2.45, 2.75) is 19.3 Å². The quantitative estimate of drug-likeness (QED) is 0.815. The average molecular weight is 345 g/mol. The Kier molecular flexibility index (Phi) is 5.69. The molecule has 0 aliphatic carbocycles. The predicted octanol–water partition coefficient (Wildman–Crippen LogP) is 2.26. The van der Waals surface area contributed by atoms with Gasteiger partial charge in [-0.3, -0.25) is 9.59 Å². The van der Waals surface area contributed by atoms with Crippen LogP contribution in [0.3, 0.4) is 0 Å². The molecule has 0 spiro atoms. The molecule has 0 fully saturated rings. The molecule has 2 rings (SSSR count). The van der Waals surface area contributed by atoms with E-state index < -0.39 is 17.2 Å². The van der Waals surface area contributed by atoms with Crippen LogP contribution in [0.5, 0.6) is 5.88 Å². The van der Waals surface area contributed by atoms with E-state index in [1.54, 1.807) is 24.3 Å². The second-order valence-electron chi connectivity index (χ2n) is 6.09. The number of nitrogens with zero attached hydrogens (tertiary/aromatic N) is 1. The van der Waals surface area contributed by atoms with E-state index in [1.165, 1.54) is 25.4 Å². The molecule has 6 nitrogen and oxygen atoms in total. The summed E-state index contributed by atoms with van der Waals surface area (Å²) in [5.41, 5.74) is 0.696. The van der Waals surface area contributed by atoms with Crippen LogP contribution >= 0.6 is 0 Å². The lowest BCUT2D eigenvalue weighted by Gasteiger charge is -2.25. The van der Waals surface area contributed by atoms with Crippen LogP contribution in [0.15, 0.2) is 42.6 Å². The molecule has 2 N–H and O–H groups in total. The Morgan fingerprint density at radius 3 is 2.48 bits per heavy atom. The number of pyridine rings is 1. The number of ether oxygens (including phenoxy) is 1. The summed E-state index contributed by atoms with van der Waals surface area (Å²) in [5, 5.41) is 5.04. The van der Waals surface area contributed by atoms with Crippen LogP contribution in [0.4, 0.5) is 10.1 Å². The van der Waals surface area contributed by atoms with E-state index in [0.717, 1.165) is 5.56 Å². The Morgan fingerprint density at radius 1 is 1.16 bits per heavy atom. The van der Waals surface area contributed by atoms with Crippen molar-refractivity contribution in [2.75, 3.05) is 19.0 Å². The fraction of sp³-hybridized carbons (Fsp3) is 0.278. The fourth-order valence-electron chi connectivity index (χ4n) is 2.21. The standard InChI is InChI=1S/C18H20FN3O3/c1-18(2,12-6-8-13(19)9-7-12)11-21-15(23)16(24)22-14-5-4-10-20-17(14)25-3/h4-10H,11H2,1-3H3,(H,21,23)(H,22,24). The van der Waals surface area contributed by atoms with Crippen LogP contribution in [-0.2, 0) is 15.0 Å². The van der Waals surface area contributed by atoms with Crippen molar-refractivity contribution in [1.29, 1.82) is 0 Å². The highest BCUT2D eigenvalue weighted by Gasteiger charge is 2.24. The van der Waals surface area contributed by atoms with Gasteiger partial charge in [-0.05, 0) is 29.8 Å². The third kappa shape index (κ3) is 4.76. The number of benzene rings is 1. The number of carbonyl (C=O) groups is 2. The van der Waals surface area contributed by atoms with E-state index in [-0.39, 0.29) is 18.2 Å². The molecule has 0 radical (unpaired) electrons. The Morgan fingerprint density at radius 2 is 1.84 bits per heavy atom.